The quantitative estimate of drug-likeness (QED) is 0.159. The predicted octanol–water partition coefficient (Wildman–Crippen LogP) is 25.9. The number of aryl methyl sites for hydroxylation is 28. The van der Waals surface area contributed by atoms with Crippen LogP contribution >= 0.6 is 45.3 Å². The van der Waals surface area contributed by atoms with Crippen LogP contribution in [-0.4, -0.2) is 113 Å². The molecule has 20 heterocycles. The monoisotopic (exact) mass is 1880 g/mol. The molecule has 0 aliphatic heterocycles. The minimum absolute atomic E-state index is 0.658. The van der Waals surface area contributed by atoms with Crippen LogP contribution in [0, 0.1) is 166 Å². The number of oxazole rings is 2. The van der Waals surface area contributed by atoms with E-state index in [1.54, 1.807) is 45.3 Å². The molecule has 0 bridgehead atoms. The molecular weight excluding hydrogens is 1780 g/mol. The number of pyridine rings is 7. The molecular formula is C105H107N23O4S4. The minimum atomic E-state index is 0.658. The molecule has 0 aliphatic rings. The highest BCUT2D eigenvalue weighted by atomic mass is 32.1. The number of hydrogen-bond acceptors (Lipinski definition) is 27. The Morgan fingerprint density at radius 1 is 0.257 bits per heavy atom. The molecule has 0 amide bonds. The number of aromatic nitrogens is 23. The Balaban J connectivity index is 0.000000111. The van der Waals surface area contributed by atoms with Gasteiger partial charge in [-0.15, -0.1) is 45.3 Å². The number of furan rings is 2. The molecule has 0 radical (unpaired) electrons. The van der Waals surface area contributed by atoms with E-state index in [0.717, 1.165) is 211 Å². The Morgan fingerprint density at radius 3 is 0.985 bits per heavy atom. The molecule has 136 heavy (non-hydrogen) atoms. The number of imidazole rings is 4. The highest BCUT2D eigenvalue weighted by Gasteiger charge is 2.22. The van der Waals surface area contributed by atoms with E-state index in [-0.39, 0.29) is 0 Å². The zero-order chi connectivity index (χ0) is 96.8. The smallest absolute Gasteiger partial charge is 0.199 e. The number of nitrogens with zero attached hydrogens (tertiary/aromatic N) is 23. The van der Waals surface area contributed by atoms with Crippen LogP contribution in [0.3, 0.4) is 0 Å². The van der Waals surface area contributed by atoms with Gasteiger partial charge in [0.1, 0.15) is 57.0 Å². The summed E-state index contributed by atoms with van der Waals surface area (Å²) in [4.78, 5) is 84.2. The fraction of sp³-hybridized carbons (Fsp3) is 0.267. The van der Waals surface area contributed by atoms with Crippen LogP contribution in [-0.2, 0) is 28.2 Å². The van der Waals surface area contributed by atoms with Gasteiger partial charge in [-0.2, -0.15) is 0 Å². The summed E-state index contributed by atoms with van der Waals surface area (Å²) >= 11 is 7.11. The topological polar surface area (TPSA) is 317 Å². The first-order valence-corrected chi connectivity index (χ1v) is 47.7. The average molecular weight is 1880 g/mol. The van der Waals surface area contributed by atoms with Gasteiger partial charge in [0, 0.05) is 106 Å². The lowest BCUT2D eigenvalue weighted by Gasteiger charge is -2.01. The summed E-state index contributed by atoms with van der Waals surface area (Å²) in [5.74, 6) is 6.96. The van der Waals surface area contributed by atoms with E-state index < -0.39 is 0 Å². The van der Waals surface area contributed by atoms with Gasteiger partial charge in [-0.3, -0.25) is 29.9 Å². The molecule has 31 heteroatoms. The van der Waals surface area contributed by atoms with E-state index in [2.05, 4.69) is 170 Å². The molecule has 0 unspecified atom stereocenters. The highest BCUT2D eigenvalue weighted by Crippen LogP contribution is 2.41. The Morgan fingerprint density at radius 2 is 0.618 bits per heavy atom. The second-order valence-electron chi connectivity index (χ2n) is 34.1. The zero-order valence-corrected chi connectivity index (χ0v) is 85.1. The Kier molecular flexibility index (Phi) is 27.3. The molecule has 20 aromatic heterocycles. The third-order valence-corrected chi connectivity index (χ3v) is 27.7. The zero-order valence-electron chi connectivity index (χ0n) is 81.8. The number of fused-ring (bicyclic) bond motifs is 12. The van der Waals surface area contributed by atoms with Crippen molar-refractivity contribution >= 4 is 175 Å². The molecule has 24 rings (SSSR count). The molecule has 0 saturated heterocycles. The Labute approximate surface area is 802 Å². The lowest BCUT2D eigenvalue weighted by Crippen LogP contribution is -1.96. The van der Waals surface area contributed by atoms with Crippen LogP contribution < -0.4 is 0 Å². The van der Waals surface area contributed by atoms with Gasteiger partial charge in [-0.25, -0.2) is 64.8 Å². The van der Waals surface area contributed by atoms with Gasteiger partial charge in [0.15, 0.2) is 56.8 Å². The van der Waals surface area contributed by atoms with Gasteiger partial charge in [-0.1, -0.05) is 24.3 Å². The molecule has 0 N–H and O–H groups in total. The fourth-order valence-electron chi connectivity index (χ4n) is 15.8. The SMILES string of the molecule is Cc1cc2cc3oc(C)cc3cc2o1.Cc1ccc(-c2ccc(C)cn2)nc1.Cc1cccc(-c2cccc(C)n2)n1.Cc1ccnc(-c2cc(C)ccn2)c1.Cc1nc2c(C)c3nc(C)sc3c(C)c2s1.Cc1nc2c(C)c3oc(C)nc3c(C)c2o1.Cc1nc2c(C)c3sc(C)nc3c(C)c2s1.Cc1nc2nc3nc(C)n(C)c3cc2n1C.Cc1nc2nc3nc(C)n(C)c3nc2n1C. The van der Waals surface area contributed by atoms with E-state index in [0.29, 0.717) is 23.1 Å². The number of thiazole rings is 4. The summed E-state index contributed by atoms with van der Waals surface area (Å²) in [5.41, 5.74) is 35.9. The van der Waals surface area contributed by atoms with Crippen molar-refractivity contribution in [3.63, 3.8) is 0 Å². The van der Waals surface area contributed by atoms with Crippen molar-refractivity contribution in [1.29, 1.82) is 0 Å². The summed E-state index contributed by atoms with van der Waals surface area (Å²) in [6.45, 7) is 48.4. The third kappa shape index (κ3) is 20.0. The molecule has 0 atom stereocenters. The van der Waals surface area contributed by atoms with Gasteiger partial charge in [0.2, 0.25) is 0 Å². The maximum absolute atomic E-state index is 5.60. The van der Waals surface area contributed by atoms with Crippen LogP contribution in [0.1, 0.15) is 134 Å². The van der Waals surface area contributed by atoms with Crippen molar-refractivity contribution in [2.75, 3.05) is 0 Å². The van der Waals surface area contributed by atoms with Gasteiger partial charge in [0.05, 0.1) is 106 Å². The summed E-state index contributed by atoms with van der Waals surface area (Å²) in [5, 5.41) is 6.74. The number of benzene rings is 4. The predicted molar refractivity (Wildman–Crippen MR) is 553 cm³/mol. The Bertz CT molecular complexity index is 7420. The molecule has 0 spiro atoms. The van der Waals surface area contributed by atoms with Crippen molar-refractivity contribution in [3.8, 4) is 34.2 Å². The van der Waals surface area contributed by atoms with Crippen molar-refractivity contribution < 1.29 is 17.7 Å². The van der Waals surface area contributed by atoms with Crippen LogP contribution in [0.25, 0.3) is 164 Å². The van der Waals surface area contributed by atoms with Crippen molar-refractivity contribution in [1.82, 2.24) is 113 Å². The Hall–Kier alpha value is -14.5. The second-order valence-corrected chi connectivity index (χ2v) is 38.9. The van der Waals surface area contributed by atoms with Gasteiger partial charge >= 0.3 is 0 Å². The molecule has 24 aromatic rings. The van der Waals surface area contributed by atoms with Gasteiger partial charge < -0.3 is 35.9 Å². The van der Waals surface area contributed by atoms with E-state index in [1.165, 1.54) is 63.3 Å². The fourth-order valence-corrected chi connectivity index (χ4v) is 19.7. The van der Waals surface area contributed by atoms with Crippen LogP contribution in [0.15, 0.2) is 158 Å². The minimum Gasteiger partial charge on any atom is -0.461 e. The molecule has 690 valence electrons. The summed E-state index contributed by atoms with van der Waals surface area (Å²) in [7, 11) is 7.88. The normalized spacial score (nSPS) is 11.2. The van der Waals surface area contributed by atoms with E-state index in [4.69, 9.17) is 17.7 Å². The second kappa shape index (κ2) is 39.2. The van der Waals surface area contributed by atoms with Crippen molar-refractivity contribution in [2.45, 2.75) is 166 Å². The molecule has 0 aliphatic carbocycles. The molecule has 0 fully saturated rings. The maximum Gasteiger partial charge on any atom is 0.199 e. The number of hydrogen-bond donors (Lipinski definition) is 0. The van der Waals surface area contributed by atoms with E-state index in [1.807, 2.05) is 277 Å². The lowest BCUT2D eigenvalue weighted by atomic mass is 10.1. The van der Waals surface area contributed by atoms with Crippen LogP contribution in [0.4, 0.5) is 0 Å². The standard InChI is InChI=1S/C12H12N2O2.2C12H12N2S2.3C12H12N2.C12H10O2.C11H13N5.C10H12N6/c2*1-5-9-12(16-7(3)13-9)6(2)10-11(5)15-8(4)14-10;1-5-9-11(15-7(3)13-9)6(2)12-10(5)14-8(4)16-12;1-9-3-5-13-11(7-9)12-8-10(2)4-6-14-12;1-9-3-5-11(13-7-9)12-6-4-10(2)8-14-12;1-9-5-3-7-11(13-9)12-8-4-6-10(2)14-12;1-7-3-9-5-12-10(4-8(2)14-12)6-11(9)13-7;1-6-12-10-8(15(6)3)5-9-11(14-10)13-7(2)16(9)4;1-5-11-7-9(15(5)3)14-10-8(13-7)12-6(2)16(10)4/h3*1-4H3;3*3-8H,1-2H3;3-6H,1-2H3;5H,1-4H3;1-4H3. The first-order chi connectivity index (χ1) is 64.9. The number of rotatable bonds is 3. The molecule has 0 saturated carbocycles. The lowest BCUT2D eigenvalue weighted by molar-refractivity contribution is 0.558. The van der Waals surface area contributed by atoms with Crippen molar-refractivity contribution in [2.24, 2.45) is 28.2 Å². The average Bonchev–Trinajstić information content (AvgIpc) is 1.74. The van der Waals surface area contributed by atoms with Gasteiger partial charge in [0.25, 0.3) is 0 Å². The third-order valence-electron chi connectivity index (χ3n) is 23.3. The summed E-state index contributed by atoms with van der Waals surface area (Å²) in [6.07, 6.45) is 7.34. The summed E-state index contributed by atoms with van der Waals surface area (Å²) in [6, 6.07) is 38.3. The largest absolute Gasteiger partial charge is 0.461 e. The maximum atomic E-state index is 5.60. The molecule has 4 aromatic carbocycles. The van der Waals surface area contributed by atoms with Gasteiger partial charge in [-0.05, 0) is 282 Å². The first-order valence-electron chi connectivity index (χ1n) is 44.4. The van der Waals surface area contributed by atoms with E-state index in [9.17, 15) is 0 Å². The highest BCUT2D eigenvalue weighted by molar-refractivity contribution is 7.21. The molecule has 27 nitrogen and oxygen atoms in total. The van der Waals surface area contributed by atoms with Crippen LogP contribution in [0.2, 0.25) is 0 Å². The van der Waals surface area contributed by atoms with Crippen molar-refractivity contribution in [3.05, 3.63) is 274 Å². The van der Waals surface area contributed by atoms with E-state index >= 15 is 0 Å². The summed E-state index contributed by atoms with van der Waals surface area (Å²) < 4.78 is 35.5. The van der Waals surface area contributed by atoms with Crippen LogP contribution in [0.5, 0.6) is 0 Å². The first kappa shape index (κ1) is 94.7.